The molecule has 1 aliphatic carbocycles. The molecular formula is C21H28N2O4. The highest BCUT2D eigenvalue weighted by Gasteiger charge is 2.37. The molecule has 3 aliphatic rings. The van der Waals surface area contributed by atoms with Gasteiger partial charge in [0.25, 0.3) is 0 Å². The largest absolute Gasteiger partial charge is 0.394 e. The van der Waals surface area contributed by atoms with E-state index in [1.54, 1.807) is 0 Å². The second-order valence-corrected chi connectivity index (χ2v) is 7.98. The van der Waals surface area contributed by atoms with E-state index in [9.17, 15) is 14.7 Å². The van der Waals surface area contributed by atoms with Gasteiger partial charge in [-0.2, -0.15) is 0 Å². The molecule has 2 amide bonds. The minimum absolute atomic E-state index is 0.0727. The zero-order chi connectivity index (χ0) is 18.8. The second-order valence-electron chi connectivity index (χ2n) is 7.98. The Labute approximate surface area is 159 Å². The summed E-state index contributed by atoms with van der Waals surface area (Å²) in [6.07, 6.45) is 3.98. The number of nitrogens with one attached hydrogen (secondary N) is 1. The Morgan fingerprint density at radius 1 is 1.15 bits per heavy atom. The summed E-state index contributed by atoms with van der Waals surface area (Å²) in [6, 6.07) is 8.11. The van der Waals surface area contributed by atoms with Crippen molar-refractivity contribution in [2.75, 3.05) is 13.2 Å². The van der Waals surface area contributed by atoms with Crippen LogP contribution < -0.4 is 5.32 Å². The number of nitrogens with zero attached hydrogens (tertiary/aromatic N) is 1. The molecule has 2 fully saturated rings. The van der Waals surface area contributed by atoms with Crippen LogP contribution in [0.15, 0.2) is 24.3 Å². The molecule has 6 heteroatoms. The van der Waals surface area contributed by atoms with Crippen LogP contribution in [0.3, 0.4) is 0 Å². The van der Waals surface area contributed by atoms with Gasteiger partial charge >= 0.3 is 0 Å². The number of rotatable bonds is 5. The molecule has 0 bridgehead atoms. The molecule has 4 rings (SSSR count). The minimum atomic E-state index is -0.429. The van der Waals surface area contributed by atoms with Crippen molar-refractivity contribution in [1.82, 2.24) is 10.2 Å². The molecule has 1 aromatic carbocycles. The average Bonchev–Trinajstić information content (AvgIpc) is 3.54. The predicted molar refractivity (Wildman–Crippen MR) is 99.8 cm³/mol. The Balaban J connectivity index is 1.29. The molecule has 146 valence electrons. The fourth-order valence-electron chi connectivity index (χ4n) is 4.13. The van der Waals surface area contributed by atoms with Gasteiger partial charge in [-0.05, 0) is 43.2 Å². The van der Waals surface area contributed by atoms with E-state index < -0.39 is 6.10 Å². The number of fused-ring (bicyclic) bond motifs is 1. The molecule has 0 aromatic heterocycles. The van der Waals surface area contributed by atoms with E-state index in [1.807, 2.05) is 17.0 Å². The van der Waals surface area contributed by atoms with Crippen LogP contribution in [0.4, 0.5) is 0 Å². The third kappa shape index (κ3) is 4.33. The molecule has 3 atom stereocenters. The molecule has 1 saturated carbocycles. The first-order valence-corrected chi connectivity index (χ1v) is 10.1. The van der Waals surface area contributed by atoms with Crippen molar-refractivity contribution in [1.29, 1.82) is 0 Å². The van der Waals surface area contributed by atoms with Crippen LogP contribution in [0.5, 0.6) is 0 Å². The van der Waals surface area contributed by atoms with Crippen LogP contribution in [0, 0.1) is 5.92 Å². The minimum Gasteiger partial charge on any atom is -0.394 e. The van der Waals surface area contributed by atoms with Crippen molar-refractivity contribution in [2.45, 2.75) is 63.3 Å². The maximum atomic E-state index is 12.7. The molecular weight excluding hydrogens is 344 g/mol. The average molecular weight is 372 g/mol. The van der Waals surface area contributed by atoms with Crippen LogP contribution in [-0.2, 0) is 27.3 Å². The van der Waals surface area contributed by atoms with Crippen LogP contribution in [0.25, 0.3) is 0 Å². The molecule has 27 heavy (non-hydrogen) atoms. The summed E-state index contributed by atoms with van der Waals surface area (Å²) in [5.41, 5.74) is 2.54. The molecule has 1 saturated heterocycles. The summed E-state index contributed by atoms with van der Waals surface area (Å²) in [7, 11) is 0. The van der Waals surface area contributed by atoms with E-state index in [-0.39, 0.29) is 36.5 Å². The van der Waals surface area contributed by atoms with Crippen molar-refractivity contribution in [3.8, 4) is 0 Å². The van der Waals surface area contributed by atoms with Gasteiger partial charge in [0.15, 0.2) is 0 Å². The smallest absolute Gasteiger partial charge is 0.225 e. The van der Waals surface area contributed by atoms with Gasteiger partial charge in [-0.15, -0.1) is 0 Å². The van der Waals surface area contributed by atoms with Crippen molar-refractivity contribution >= 4 is 11.8 Å². The molecule has 0 radical (unpaired) electrons. The summed E-state index contributed by atoms with van der Waals surface area (Å²) in [6.45, 7) is 1.26. The number of hydrogen-bond donors (Lipinski definition) is 2. The summed E-state index contributed by atoms with van der Waals surface area (Å²) in [5, 5.41) is 12.7. The molecule has 2 N–H and O–H groups in total. The Morgan fingerprint density at radius 3 is 2.67 bits per heavy atom. The predicted octanol–water partition coefficient (Wildman–Crippen LogP) is 1.40. The number of aliphatic hydroxyl groups excluding tert-OH is 1. The van der Waals surface area contributed by atoms with Gasteiger partial charge in [0.1, 0.15) is 6.10 Å². The highest BCUT2D eigenvalue weighted by Crippen LogP contribution is 2.30. The Kier molecular flexibility index (Phi) is 5.45. The molecule has 0 unspecified atom stereocenters. The van der Waals surface area contributed by atoms with E-state index >= 15 is 0 Å². The number of hydrogen-bond acceptors (Lipinski definition) is 4. The van der Waals surface area contributed by atoms with Gasteiger partial charge in [-0.25, -0.2) is 0 Å². The number of carbonyl (C=O) groups excluding carboxylic acids is 2. The fourth-order valence-corrected chi connectivity index (χ4v) is 4.13. The third-order valence-electron chi connectivity index (χ3n) is 5.96. The third-order valence-corrected chi connectivity index (χ3v) is 5.96. The Morgan fingerprint density at radius 2 is 1.93 bits per heavy atom. The maximum Gasteiger partial charge on any atom is 0.225 e. The van der Waals surface area contributed by atoms with Gasteiger partial charge in [0.05, 0.1) is 25.2 Å². The van der Waals surface area contributed by atoms with E-state index in [0.29, 0.717) is 13.0 Å². The summed E-state index contributed by atoms with van der Waals surface area (Å²) >= 11 is 0. The lowest BCUT2D eigenvalue weighted by atomic mass is 9.95. The first kappa shape index (κ1) is 18.4. The van der Waals surface area contributed by atoms with Crippen molar-refractivity contribution in [2.24, 2.45) is 5.92 Å². The SMILES string of the molecule is O=C(N[C@@H]1CC[C@@H](CC(=O)N2CCc3ccccc3C2)O[C@@H]1CO)C1CC1. The lowest BCUT2D eigenvalue weighted by Gasteiger charge is -2.37. The lowest BCUT2D eigenvalue weighted by molar-refractivity contribution is -0.143. The monoisotopic (exact) mass is 372 g/mol. The van der Waals surface area contributed by atoms with Crippen LogP contribution in [-0.4, -0.2) is 53.2 Å². The van der Waals surface area contributed by atoms with Gasteiger partial charge in [-0.3, -0.25) is 9.59 Å². The quantitative estimate of drug-likeness (QED) is 0.819. The summed E-state index contributed by atoms with van der Waals surface area (Å²) in [5.74, 6) is 0.320. The maximum absolute atomic E-state index is 12.7. The van der Waals surface area contributed by atoms with E-state index in [2.05, 4.69) is 17.4 Å². The van der Waals surface area contributed by atoms with Crippen molar-refractivity contribution in [3.05, 3.63) is 35.4 Å². The van der Waals surface area contributed by atoms with Crippen LogP contribution in [0.1, 0.15) is 43.2 Å². The molecule has 2 aliphatic heterocycles. The molecule has 1 aromatic rings. The van der Waals surface area contributed by atoms with Crippen molar-refractivity contribution in [3.63, 3.8) is 0 Å². The number of benzene rings is 1. The van der Waals surface area contributed by atoms with Gasteiger partial charge in [0.2, 0.25) is 11.8 Å². The first-order valence-electron chi connectivity index (χ1n) is 10.1. The number of carbonyl (C=O) groups is 2. The topological polar surface area (TPSA) is 78.9 Å². The Hall–Kier alpha value is -1.92. The molecule has 0 spiro atoms. The van der Waals surface area contributed by atoms with E-state index in [0.717, 1.165) is 38.6 Å². The summed E-state index contributed by atoms with van der Waals surface area (Å²) < 4.78 is 5.97. The second kappa shape index (κ2) is 7.98. The molecule has 6 nitrogen and oxygen atoms in total. The highest BCUT2D eigenvalue weighted by atomic mass is 16.5. The van der Waals surface area contributed by atoms with Gasteiger partial charge in [0, 0.05) is 19.0 Å². The highest BCUT2D eigenvalue weighted by molar-refractivity contribution is 5.81. The Bertz CT molecular complexity index is 703. The van der Waals surface area contributed by atoms with E-state index in [1.165, 1.54) is 11.1 Å². The molecule has 2 heterocycles. The normalized spacial score (nSPS) is 27.7. The number of amides is 2. The van der Waals surface area contributed by atoms with Crippen LogP contribution in [0.2, 0.25) is 0 Å². The summed E-state index contributed by atoms with van der Waals surface area (Å²) in [4.78, 5) is 26.6. The van der Waals surface area contributed by atoms with Gasteiger partial charge < -0.3 is 20.1 Å². The van der Waals surface area contributed by atoms with Gasteiger partial charge in [-0.1, -0.05) is 24.3 Å². The number of aliphatic hydroxyl groups is 1. The van der Waals surface area contributed by atoms with Crippen LogP contribution >= 0.6 is 0 Å². The van der Waals surface area contributed by atoms with Crippen molar-refractivity contribution < 1.29 is 19.4 Å². The van der Waals surface area contributed by atoms with E-state index in [4.69, 9.17) is 4.74 Å². The first-order chi connectivity index (χ1) is 13.1. The zero-order valence-electron chi connectivity index (χ0n) is 15.6. The standard InChI is InChI=1S/C21H28N2O4/c24-13-19-18(22-21(26)15-5-6-15)8-7-17(27-19)11-20(25)23-10-9-14-3-1-2-4-16(14)12-23/h1-4,15,17-19,24H,5-13H2,(H,22,26)/t17-,18+,19+/m0/s1. The number of ether oxygens (including phenoxy) is 1. The fraction of sp³-hybridized carbons (Fsp3) is 0.619. The lowest BCUT2D eigenvalue weighted by Crippen LogP contribution is -2.52. The zero-order valence-corrected chi connectivity index (χ0v) is 15.6.